The van der Waals surface area contributed by atoms with Gasteiger partial charge in [-0.25, -0.2) is 8.42 Å². The van der Waals surface area contributed by atoms with Gasteiger partial charge in [0.15, 0.2) is 11.5 Å². The van der Waals surface area contributed by atoms with Crippen molar-refractivity contribution in [2.75, 3.05) is 51.1 Å². The van der Waals surface area contributed by atoms with Gasteiger partial charge in [-0.05, 0) is 50.1 Å². The Bertz CT molecular complexity index is 1290. The van der Waals surface area contributed by atoms with Crippen molar-refractivity contribution in [2.45, 2.75) is 43.2 Å². The minimum Gasteiger partial charge on any atom is -0.454 e. The summed E-state index contributed by atoms with van der Waals surface area (Å²) >= 11 is 12.0. The summed E-state index contributed by atoms with van der Waals surface area (Å²) in [6.07, 6.45) is 2.33. The van der Waals surface area contributed by atoms with E-state index in [1.807, 2.05) is 30.0 Å². The molecule has 0 radical (unpaired) electrons. The van der Waals surface area contributed by atoms with E-state index in [-0.39, 0.29) is 47.9 Å². The van der Waals surface area contributed by atoms with Gasteiger partial charge in [0.1, 0.15) is 6.61 Å². The van der Waals surface area contributed by atoms with Gasteiger partial charge in [0.2, 0.25) is 22.7 Å². The average molecular weight is 585 g/mol. The van der Waals surface area contributed by atoms with E-state index in [2.05, 4.69) is 4.90 Å². The Labute approximate surface area is 233 Å². The van der Waals surface area contributed by atoms with E-state index in [0.717, 1.165) is 30.0 Å². The fraction of sp³-hybridized carbons (Fsp3) is 0.500. The topological polar surface area (TPSA) is 88.6 Å². The molecule has 5 rings (SSSR count). The molecule has 0 spiro atoms. The third-order valence-corrected chi connectivity index (χ3v) is 9.96. The van der Waals surface area contributed by atoms with Crippen molar-refractivity contribution < 1.29 is 27.4 Å². The van der Waals surface area contributed by atoms with Gasteiger partial charge in [0.25, 0.3) is 0 Å². The minimum atomic E-state index is -3.77. The molecule has 0 bridgehead atoms. The third kappa shape index (κ3) is 5.70. The number of anilines is 1. The SMILES string of the molecule is CC1CN(c2ccc3c(c2)OCO3)CCN1C(=O)COCC1CCCCN1S(=O)(=O)c1ccc(Cl)c(Cl)c1. The van der Waals surface area contributed by atoms with E-state index in [4.69, 9.17) is 37.4 Å². The number of piperidine rings is 1. The molecule has 0 saturated carbocycles. The lowest BCUT2D eigenvalue weighted by Crippen LogP contribution is -2.55. The molecule has 3 aliphatic heterocycles. The molecule has 2 fully saturated rings. The zero-order valence-corrected chi connectivity index (χ0v) is 23.5. The number of fused-ring (bicyclic) bond motifs is 1. The first-order chi connectivity index (χ1) is 18.2. The lowest BCUT2D eigenvalue weighted by molar-refractivity contribution is -0.139. The van der Waals surface area contributed by atoms with E-state index in [0.29, 0.717) is 37.6 Å². The molecule has 2 unspecified atom stereocenters. The van der Waals surface area contributed by atoms with Crippen LogP contribution >= 0.6 is 23.2 Å². The van der Waals surface area contributed by atoms with Gasteiger partial charge in [0.05, 0.1) is 21.5 Å². The summed E-state index contributed by atoms with van der Waals surface area (Å²) in [7, 11) is -3.77. The highest BCUT2D eigenvalue weighted by Crippen LogP contribution is 2.36. The van der Waals surface area contributed by atoms with Crippen LogP contribution in [0.15, 0.2) is 41.3 Å². The van der Waals surface area contributed by atoms with Crippen LogP contribution < -0.4 is 14.4 Å². The predicted molar refractivity (Wildman–Crippen MR) is 145 cm³/mol. The summed E-state index contributed by atoms with van der Waals surface area (Å²) in [6.45, 7) is 4.64. The van der Waals surface area contributed by atoms with Crippen LogP contribution in [0.4, 0.5) is 5.69 Å². The molecule has 2 aromatic carbocycles. The molecule has 2 aromatic rings. The molecule has 3 aliphatic rings. The molecule has 2 saturated heterocycles. The van der Waals surface area contributed by atoms with Crippen molar-refractivity contribution in [1.82, 2.24) is 9.21 Å². The number of sulfonamides is 1. The maximum absolute atomic E-state index is 13.3. The van der Waals surface area contributed by atoms with Gasteiger partial charge in [-0.3, -0.25) is 4.79 Å². The van der Waals surface area contributed by atoms with Crippen molar-refractivity contribution in [1.29, 1.82) is 0 Å². The van der Waals surface area contributed by atoms with E-state index >= 15 is 0 Å². The van der Waals surface area contributed by atoms with E-state index in [1.165, 1.54) is 22.5 Å². The zero-order chi connectivity index (χ0) is 26.9. The third-order valence-electron chi connectivity index (χ3n) is 7.28. The molecule has 9 nitrogen and oxygen atoms in total. The number of hydrogen-bond donors (Lipinski definition) is 0. The lowest BCUT2D eigenvalue weighted by Gasteiger charge is -2.41. The van der Waals surface area contributed by atoms with Gasteiger partial charge < -0.3 is 24.0 Å². The number of halogens is 2. The van der Waals surface area contributed by atoms with Crippen LogP contribution in [0.2, 0.25) is 10.0 Å². The first-order valence-corrected chi connectivity index (χ1v) is 14.9. The van der Waals surface area contributed by atoms with Gasteiger partial charge >= 0.3 is 0 Å². The summed E-state index contributed by atoms with van der Waals surface area (Å²) in [5.74, 6) is 1.38. The van der Waals surface area contributed by atoms with Crippen molar-refractivity contribution in [2.24, 2.45) is 0 Å². The molecular formula is C26H31Cl2N3O6S. The maximum Gasteiger partial charge on any atom is 0.248 e. The summed E-state index contributed by atoms with van der Waals surface area (Å²) in [6, 6.07) is 9.84. The number of benzene rings is 2. The molecular weight excluding hydrogens is 553 g/mol. The Morgan fingerprint density at radius 3 is 2.63 bits per heavy atom. The quantitative estimate of drug-likeness (QED) is 0.486. The second-order valence-electron chi connectivity index (χ2n) is 9.78. The fourth-order valence-corrected chi connectivity index (χ4v) is 7.31. The van der Waals surface area contributed by atoms with E-state index < -0.39 is 10.0 Å². The van der Waals surface area contributed by atoms with Crippen LogP contribution in [-0.4, -0.2) is 81.8 Å². The molecule has 0 N–H and O–H groups in total. The van der Waals surface area contributed by atoms with E-state index in [1.54, 1.807) is 0 Å². The molecule has 0 aromatic heterocycles. The second-order valence-corrected chi connectivity index (χ2v) is 12.5. The standard InChI is InChI=1S/C26H31Cl2N3O6S/c1-18-14-29(19-5-8-24-25(12-19)37-17-36-24)10-11-30(18)26(32)16-35-15-20-4-2-3-9-31(20)38(33,34)21-6-7-22(27)23(28)13-21/h5-8,12-13,18,20H,2-4,9-11,14-17H2,1H3. The second kappa shape index (κ2) is 11.5. The van der Waals surface area contributed by atoms with Crippen LogP contribution in [0.25, 0.3) is 0 Å². The molecule has 12 heteroatoms. The molecule has 206 valence electrons. The number of piperazine rings is 1. The number of rotatable bonds is 7. The molecule has 1 amide bonds. The number of nitrogens with zero attached hydrogens (tertiary/aromatic N) is 3. The van der Waals surface area contributed by atoms with E-state index in [9.17, 15) is 13.2 Å². The van der Waals surface area contributed by atoms with Gasteiger partial charge in [-0.15, -0.1) is 0 Å². The monoisotopic (exact) mass is 583 g/mol. The smallest absolute Gasteiger partial charge is 0.248 e. The van der Waals surface area contributed by atoms with Crippen molar-refractivity contribution in [3.05, 3.63) is 46.4 Å². The van der Waals surface area contributed by atoms with Gasteiger partial charge in [-0.2, -0.15) is 4.31 Å². The summed E-state index contributed by atoms with van der Waals surface area (Å²) in [4.78, 5) is 17.2. The Morgan fingerprint density at radius 2 is 1.84 bits per heavy atom. The summed E-state index contributed by atoms with van der Waals surface area (Å²) in [5, 5.41) is 0.490. The van der Waals surface area contributed by atoms with Crippen LogP contribution in [-0.2, 0) is 19.6 Å². The molecule has 0 aliphatic carbocycles. The largest absolute Gasteiger partial charge is 0.454 e. The number of ether oxygens (including phenoxy) is 3. The fourth-order valence-electron chi connectivity index (χ4n) is 5.24. The summed E-state index contributed by atoms with van der Waals surface area (Å²) < 4.78 is 44.8. The highest BCUT2D eigenvalue weighted by atomic mass is 35.5. The normalized spacial score (nSPS) is 22.1. The number of hydrogen-bond acceptors (Lipinski definition) is 7. The average Bonchev–Trinajstić information content (AvgIpc) is 3.38. The number of amides is 1. The van der Waals surface area contributed by atoms with Crippen LogP contribution in [0, 0.1) is 0 Å². The van der Waals surface area contributed by atoms with Crippen LogP contribution in [0.1, 0.15) is 26.2 Å². The molecule has 3 heterocycles. The Morgan fingerprint density at radius 1 is 1.03 bits per heavy atom. The minimum absolute atomic E-state index is 0.00789. The van der Waals surface area contributed by atoms with Crippen LogP contribution in [0.3, 0.4) is 0 Å². The molecule has 38 heavy (non-hydrogen) atoms. The van der Waals surface area contributed by atoms with Gasteiger partial charge in [-0.1, -0.05) is 29.6 Å². The zero-order valence-electron chi connectivity index (χ0n) is 21.1. The predicted octanol–water partition coefficient (Wildman–Crippen LogP) is 4.02. The van der Waals surface area contributed by atoms with Crippen molar-refractivity contribution >= 4 is 44.8 Å². The first-order valence-electron chi connectivity index (χ1n) is 12.7. The first kappa shape index (κ1) is 27.3. The molecule has 2 atom stereocenters. The highest BCUT2D eigenvalue weighted by molar-refractivity contribution is 7.89. The highest BCUT2D eigenvalue weighted by Gasteiger charge is 2.35. The Hall–Kier alpha value is -2.24. The van der Waals surface area contributed by atoms with Crippen molar-refractivity contribution in [3.63, 3.8) is 0 Å². The number of carbonyl (C=O) groups excluding carboxylic acids is 1. The lowest BCUT2D eigenvalue weighted by atomic mass is 10.1. The van der Waals surface area contributed by atoms with Crippen molar-refractivity contribution in [3.8, 4) is 11.5 Å². The van der Waals surface area contributed by atoms with Gasteiger partial charge in [0, 0.05) is 50.0 Å². The van der Waals surface area contributed by atoms with Crippen LogP contribution in [0.5, 0.6) is 11.5 Å². The maximum atomic E-state index is 13.3. The Balaban J connectivity index is 1.15. The Kier molecular flexibility index (Phi) is 8.25. The number of carbonyl (C=O) groups is 1. The summed E-state index contributed by atoms with van der Waals surface area (Å²) in [5.41, 5.74) is 1.03.